The second-order valence-corrected chi connectivity index (χ2v) is 5.67. The van der Waals surface area contributed by atoms with E-state index in [0.29, 0.717) is 10.9 Å². The summed E-state index contributed by atoms with van der Waals surface area (Å²) in [5, 5.41) is 0. The van der Waals surface area contributed by atoms with Gasteiger partial charge in [-0.2, -0.15) is 0 Å². The third kappa shape index (κ3) is 3.16. The minimum Gasteiger partial charge on any atom is -0.324 e. The topological polar surface area (TPSA) is 38.9 Å². The molecule has 2 nitrogen and oxygen atoms in total. The first-order chi connectivity index (χ1) is 8.58. The van der Waals surface area contributed by atoms with Crippen LogP contribution in [0, 0.1) is 5.82 Å². The zero-order chi connectivity index (χ0) is 13.1. The maximum absolute atomic E-state index is 13.4. The summed E-state index contributed by atoms with van der Waals surface area (Å²) in [6.07, 6.45) is 3.98. The van der Waals surface area contributed by atoms with Crippen molar-refractivity contribution in [2.75, 3.05) is 0 Å². The van der Waals surface area contributed by atoms with E-state index in [1.165, 1.54) is 6.07 Å². The van der Waals surface area contributed by atoms with Gasteiger partial charge in [0, 0.05) is 22.9 Å². The van der Waals surface area contributed by atoms with Gasteiger partial charge in [-0.1, -0.05) is 12.1 Å². The van der Waals surface area contributed by atoms with Gasteiger partial charge in [-0.25, -0.2) is 4.39 Å². The van der Waals surface area contributed by atoms with E-state index in [1.54, 1.807) is 18.5 Å². The number of hydrogen-bond donors (Lipinski definition) is 1. The lowest BCUT2D eigenvalue weighted by atomic mass is 10.0. The fraction of sp³-hybridized carbons (Fsp3) is 0.154. The van der Waals surface area contributed by atoms with Gasteiger partial charge in [0.05, 0.1) is 4.47 Å². The van der Waals surface area contributed by atoms with Crippen LogP contribution in [0.2, 0.25) is 0 Å². The molecule has 1 unspecified atom stereocenters. The van der Waals surface area contributed by atoms with E-state index in [4.69, 9.17) is 5.73 Å². The summed E-state index contributed by atoms with van der Waals surface area (Å²) in [6.45, 7) is 0. The Morgan fingerprint density at radius 3 is 2.78 bits per heavy atom. The van der Waals surface area contributed by atoms with E-state index < -0.39 is 0 Å². The number of rotatable bonds is 3. The van der Waals surface area contributed by atoms with Crippen molar-refractivity contribution < 1.29 is 4.39 Å². The summed E-state index contributed by atoms with van der Waals surface area (Å²) in [5.74, 6) is -0.271. The van der Waals surface area contributed by atoms with Gasteiger partial charge in [0.2, 0.25) is 0 Å². The Kier molecular flexibility index (Phi) is 4.48. The van der Waals surface area contributed by atoms with Gasteiger partial charge in [0.15, 0.2) is 0 Å². The van der Waals surface area contributed by atoms with E-state index in [9.17, 15) is 4.39 Å². The summed E-state index contributed by atoms with van der Waals surface area (Å²) in [5.41, 5.74) is 7.88. The number of nitrogens with two attached hydrogens (primary N) is 1. The fourth-order valence-electron chi connectivity index (χ4n) is 1.69. The van der Waals surface area contributed by atoms with Gasteiger partial charge in [0.25, 0.3) is 0 Å². The van der Waals surface area contributed by atoms with Crippen LogP contribution >= 0.6 is 31.9 Å². The summed E-state index contributed by atoms with van der Waals surface area (Å²) in [6, 6.07) is 6.66. The predicted octanol–water partition coefficient (Wildman–Crippen LogP) is 3.99. The van der Waals surface area contributed by atoms with Crippen LogP contribution in [0.1, 0.15) is 17.2 Å². The molecule has 0 fully saturated rings. The average Bonchev–Trinajstić information content (AvgIpc) is 2.35. The van der Waals surface area contributed by atoms with Crippen molar-refractivity contribution in [2.24, 2.45) is 5.73 Å². The quantitative estimate of drug-likeness (QED) is 0.883. The van der Waals surface area contributed by atoms with Crippen LogP contribution < -0.4 is 5.73 Å². The minimum atomic E-state index is -0.271. The Morgan fingerprint density at radius 1 is 1.28 bits per heavy atom. The maximum atomic E-state index is 13.4. The van der Waals surface area contributed by atoms with Crippen LogP contribution in [0.5, 0.6) is 0 Å². The summed E-state index contributed by atoms with van der Waals surface area (Å²) >= 11 is 6.59. The van der Waals surface area contributed by atoms with Crippen molar-refractivity contribution in [3.05, 3.63) is 62.5 Å². The molecule has 2 N–H and O–H groups in total. The van der Waals surface area contributed by atoms with Crippen molar-refractivity contribution in [3.8, 4) is 0 Å². The van der Waals surface area contributed by atoms with E-state index >= 15 is 0 Å². The van der Waals surface area contributed by atoms with Crippen LogP contribution in [-0.2, 0) is 6.42 Å². The smallest absolute Gasteiger partial charge is 0.137 e. The molecule has 1 atom stereocenters. The molecule has 5 heteroatoms. The number of halogens is 3. The zero-order valence-electron chi connectivity index (χ0n) is 9.41. The first-order valence-electron chi connectivity index (χ1n) is 5.37. The first-order valence-corrected chi connectivity index (χ1v) is 6.95. The lowest BCUT2D eigenvalue weighted by Gasteiger charge is -2.13. The Balaban J connectivity index is 2.21. The summed E-state index contributed by atoms with van der Waals surface area (Å²) < 4.78 is 14.7. The Morgan fingerprint density at radius 2 is 2.06 bits per heavy atom. The van der Waals surface area contributed by atoms with Gasteiger partial charge >= 0.3 is 0 Å². The third-order valence-corrected chi connectivity index (χ3v) is 3.95. The molecule has 2 rings (SSSR count). The van der Waals surface area contributed by atoms with Crippen LogP contribution in [0.15, 0.2) is 45.6 Å². The molecule has 0 aliphatic heterocycles. The molecule has 0 bridgehead atoms. The molecule has 1 aromatic heterocycles. The molecular weight excluding hydrogens is 363 g/mol. The van der Waals surface area contributed by atoms with Gasteiger partial charge < -0.3 is 5.73 Å². The van der Waals surface area contributed by atoms with Crippen LogP contribution in [0.4, 0.5) is 4.39 Å². The standard InChI is InChI=1S/C13H11Br2FN2/c14-10-4-9(6-18-7-10)12(17)5-8-2-1-3-11(16)13(8)15/h1-4,6-7,12H,5,17H2. The van der Waals surface area contributed by atoms with Crippen LogP contribution in [0.25, 0.3) is 0 Å². The highest BCUT2D eigenvalue weighted by Gasteiger charge is 2.12. The largest absolute Gasteiger partial charge is 0.324 e. The lowest BCUT2D eigenvalue weighted by molar-refractivity contribution is 0.614. The van der Waals surface area contributed by atoms with E-state index in [1.807, 2.05) is 12.1 Å². The normalized spacial score (nSPS) is 12.4. The maximum Gasteiger partial charge on any atom is 0.137 e. The second kappa shape index (κ2) is 5.91. The number of hydrogen-bond acceptors (Lipinski definition) is 2. The van der Waals surface area contributed by atoms with E-state index in [0.717, 1.165) is 15.6 Å². The minimum absolute atomic E-state index is 0.215. The molecule has 2 aromatic rings. The highest BCUT2D eigenvalue weighted by atomic mass is 79.9. The Bertz CT molecular complexity index is 560. The van der Waals surface area contributed by atoms with E-state index in [2.05, 4.69) is 36.8 Å². The molecule has 0 aliphatic carbocycles. The summed E-state index contributed by atoms with van der Waals surface area (Å²) in [4.78, 5) is 4.07. The Hall–Kier alpha value is -0.780. The number of aromatic nitrogens is 1. The third-order valence-electron chi connectivity index (χ3n) is 2.63. The predicted molar refractivity (Wildman–Crippen MR) is 76.7 cm³/mol. The van der Waals surface area contributed by atoms with Crippen molar-refractivity contribution in [2.45, 2.75) is 12.5 Å². The van der Waals surface area contributed by atoms with Gasteiger partial charge in [-0.05, 0) is 61.5 Å². The van der Waals surface area contributed by atoms with Gasteiger partial charge in [-0.3, -0.25) is 4.98 Å². The summed E-state index contributed by atoms with van der Waals surface area (Å²) in [7, 11) is 0. The van der Waals surface area contributed by atoms with Crippen LogP contribution in [0.3, 0.4) is 0 Å². The molecule has 0 amide bonds. The molecule has 0 saturated carbocycles. The molecule has 0 saturated heterocycles. The molecule has 94 valence electrons. The Labute approximate surface area is 122 Å². The highest BCUT2D eigenvalue weighted by molar-refractivity contribution is 9.10. The fourth-order valence-corrected chi connectivity index (χ4v) is 2.50. The molecule has 0 aliphatic rings. The molecular formula is C13H11Br2FN2. The highest BCUT2D eigenvalue weighted by Crippen LogP contribution is 2.25. The van der Waals surface area contributed by atoms with Gasteiger partial charge in [0.1, 0.15) is 5.82 Å². The number of nitrogens with zero attached hydrogens (tertiary/aromatic N) is 1. The molecule has 1 aromatic carbocycles. The molecule has 18 heavy (non-hydrogen) atoms. The SMILES string of the molecule is NC(Cc1cccc(F)c1Br)c1cncc(Br)c1. The number of benzene rings is 1. The van der Waals surface area contributed by atoms with Crippen molar-refractivity contribution in [3.63, 3.8) is 0 Å². The van der Waals surface area contributed by atoms with Crippen molar-refractivity contribution in [1.82, 2.24) is 4.98 Å². The lowest BCUT2D eigenvalue weighted by Crippen LogP contribution is -2.14. The molecule has 0 spiro atoms. The van der Waals surface area contributed by atoms with Gasteiger partial charge in [-0.15, -0.1) is 0 Å². The van der Waals surface area contributed by atoms with Crippen LogP contribution in [-0.4, -0.2) is 4.98 Å². The monoisotopic (exact) mass is 372 g/mol. The second-order valence-electron chi connectivity index (χ2n) is 3.96. The zero-order valence-corrected chi connectivity index (χ0v) is 12.6. The average molecular weight is 374 g/mol. The first kappa shape index (κ1) is 13.6. The van der Waals surface area contributed by atoms with Crippen molar-refractivity contribution in [1.29, 1.82) is 0 Å². The molecule has 0 radical (unpaired) electrons. The number of pyridine rings is 1. The van der Waals surface area contributed by atoms with E-state index in [-0.39, 0.29) is 11.9 Å². The van der Waals surface area contributed by atoms with Crippen molar-refractivity contribution >= 4 is 31.9 Å². The molecule has 1 heterocycles.